The molecule has 1 rings (SSSR count). The highest BCUT2D eigenvalue weighted by Gasteiger charge is 2.25. The van der Waals surface area contributed by atoms with Crippen LogP contribution in [0.2, 0.25) is 0 Å². The fraction of sp³-hybridized carbons (Fsp3) is 0.643. The summed E-state index contributed by atoms with van der Waals surface area (Å²) in [5.41, 5.74) is 0. The summed E-state index contributed by atoms with van der Waals surface area (Å²) >= 11 is 1.41. The molecular formula is C14H24NO4PS. The molecule has 120 valence electrons. The molecule has 0 unspecified atom stereocenters. The van der Waals surface area contributed by atoms with Gasteiger partial charge in [-0.05, 0) is 38.1 Å². The van der Waals surface area contributed by atoms with Gasteiger partial charge in [0.1, 0.15) is 0 Å². The van der Waals surface area contributed by atoms with Crippen LogP contribution >= 0.6 is 18.9 Å². The number of hydrogen-bond donors (Lipinski definition) is 1. The van der Waals surface area contributed by atoms with Crippen LogP contribution in [-0.4, -0.2) is 31.3 Å². The average molecular weight is 333 g/mol. The lowest BCUT2D eigenvalue weighted by atomic mass is 10.1. The smallest absolute Gasteiger partial charge is 0.330 e. The maximum absolute atomic E-state index is 12.4. The van der Waals surface area contributed by atoms with Crippen LogP contribution in [0.5, 0.6) is 0 Å². The molecule has 0 aliphatic heterocycles. The highest BCUT2D eigenvalue weighted by Crippen LogP contribution is 2.48. The molecule has 7 heteroatoms. The van der Waals surface area contributed by atoms with Gasteiger partial charge < -0.3 is 14.4 Å². The summed E-state index contributed by atoms with van der Waals surface area (Å²) in [7, 11) is -3.04. The molecule has 1 aromatic heterocycles. The van der Waals surface area contributed by atoms with E-state index < -0.39 is 7.60 Å². The van der Waals surface area contributed by atoms with Gasteiger partial charge in [-0.15, -0.1) is 11.3 Å². The van der Waals surface area contributed by atoms with Crippen molar-refractivity contribution in [2.24, 2.45) is 0 Å². The average Bonchev–Trinajstić information content (AvgIpc) is 2.98. The summed E-state index contributed by atoms with van der Waals surface area (Å²) in [5.74, 6) is -0.0838. The first-order valence-corrected chi connectivity index (χ1v) is 9.87. The quantitative estimate of drug-likeness (QED) is 0.659. The van der Waals surface area contributed by atoms with Crippen LogP contribution in [0.25, 0.3) is 0 Å². The molecule has 0 fully saturated rings. The molecule has 0 aromatic carbocycles. The minimum absolute atomic E-state index is 0.0335. The number of carbonyl (C=O) groups is 1. The van der Waals surface area contributed by atoms with Crippen molar-refractivity contribution in [3.63, 3.8) is 0 Å². The zero-order valence-corrected chi connectivity index (χ0v) is 14.5. The van der Waals surface area contributed by atoms with E-state index in [0.717, 1.165) is 6.42 Å². The molecule has 0 radical (unpaired) electrons. The highest BCUT2D eigenvalue weighted by atomic mass is 32.1. The predicted octanol–water partition coefficient (Wildman–Crippen LogP) is 3.91. The van der Waals surface area contributed by atoms with Gasteiger partial charge >= 0.3 is 7.60 Å². The Bertz CT molecular complexity index is 454. The second-order valence-electron chi connectivity index (χ2n) is 4.51. The van der Waals surface area contributed by atoms with E-state index in [-0.39, 0.29) is 11.9 Å². The Kier molecular flexibility index (Phi) is 8.19. The lowest BCUT2D eigenvalue weighted by Gasteiger charge is -2.21. The van der Waals surface area contributed by atoms with E-state index in [1.807, 2.05) is 18.4 Å². The Morgan fingerprint density at radius 3 is 2.48 bits per heavy atom. The number of thiophene rings is 1. The highest BCUT2D eigenvalue weighted by molar-refractivity contribution is 7.53. The lowest BCUT2D eigenvalue weighted by Crippen LogP contribution is -2.34. The minimum atomic E-state index is -3.04. The topological polar surface area (TPSA) is 64.6 Å². The number of hydrogen-bond acceptors (Lipinski definition) is 5. The Morgan fingerprint density at radius 2 is 2.00 bits per heavy atom. The van der Waals surface area contributed by atoms with E-state index in [4.69, 9.17) is 9.05 Å². The second-order valence-corrected chi connectivity index (χ2v) is 7.65. The van der Waals surface area contributed by atoms with Gasteiger partial charge in [-0.3, -0.25) is 9.36 Å². The number of carbonyl (C=O) groups excluding carboxylic acids is 1. The summed E-state index contributed by atoms with van der Waals surface area (Å²) in [6.07, 6.45) is 1.66. The zero-order chi connectivity index (χ0) is 15.7. The molecule has 0 spiro atoms. The molecule has 0 bridgehead atoms. The van der Waals surface area contributed by atoms with Crippen LogP contribution in [-0.2, 0) is 13.6 Å². The van der Waals surface area contributed by atoms with Crippen molar-refractivity contribution < 1.29 is 18.4 Å². The molecule has 0 saturated heterocycles. The van der Waals surface area contributed by atoms with Crippen molar-refractivity contribution in [2.75, 3.05) is 19.4 Å². The van der Waals surface area contributed by atoms with Gasteiger partial charge in [0.15, 0.2) is 0 Å². The lowest BCUT2D eigenvalue weighted by molar-refractivity contribution is 0.0938. The Hall–Kier alpha value is -0.680. The van der Waals surface area contributed by atoms with Crippen LogP contribution in [0.1, 0.15) is 43.3 Å². The van der Waals surface area contributed by atoms with Crippen LogP contribution in [0.3, 0.4) is 0 Å². The van der Waals surface area contributed by atoms with Gasteiger partial charge in [-0.25, -0.2) is 0 Å². The van der Waals surface area contributed by atoms with E-state index in [0.29, 0.717) is 30.7 Å². The second kappa shape index (κ2) is 9.36. The Morgan fingerprint density at radius 1 is 1.33 bits per heavy atom. The first-order valence-electron chi connectivity index (χ1n) is 7.27. The monoisotopic (exact) mass is 333 g/mol. The molecule has 1 aromatic rings. The van der Waals surface area contributed by atoms with E-state index >= 15 is 0 Å². The van der Waals surface area contributed by atoms with Gasteiger partial charge in [-0.2, -0.15) is 0 Å². The summed E-state index contributed by atoms with van der Waals surface area (Å²) in [4.78, 5) is 12.7. The van der Waals surface area contributed by atoms with Crippen LogP contribution in [0.15, 0.2) is 17.5 Å². The SMILES string of the molecule is CCOP(=O)(CC[C@H](CC)NC(=O)c1cccs1)OCC. The molecule has 1 N–H and O–H groups in total. The molecule has 21 heavy (non-hydrogen) atoms. The van der Waals surface area contributed by atoms with Gasteiger partial charge in [0.25, 0.3) is 5.91 Å². The van der Waals surface area contributed by atoms with Gasteiger partial charge in [0.05, 0.1) is 24.3 Å². The van der Waals surface area contributed by atoms with Crippen molar-refractivity contribution in [1.29, 1.82) is 0 Å². The summed E-state index contributed by atoms with van der Waals surface area (Å²) in [5, 5.41) is 4.83. The normalized spacial score (nSPS) is 13.1. The van der Waals surface area contributed by atoms with Gasteiger partial charge in [0, 0.05) is 6.04 Å². The van der Waals surface area contributed by atoms with Crippen molar-refractivity contribution in [2.45, 2.75) is 39.7 Å². The van der Waals surface area contributed by atoms with Crippen molar-refractivity contribution in [1.82, 2.24) is 5.32 Å². The predicted molar refractivity (Wildman–Crippen MR) is 86.2 cm³/mol. The molecule has 5 nitrogen and oxygen atoms in total. The number of rotatable bonds is 10. The third-order valence-electron chi connectivity index (χ3n) is 2.98. The molecule has 0 aliphatic rings. The zero-order valence-electron chi connectivity index (χ0n) is 12.8. The fourth-order valence-corrected chi connectivity index (χ4v) is 4.29. The minimum Gasteiger partial charge on any atom is -0.349 e. The largest absolute Gasteiger partial charge is 0.349 e. The van der Waals surface area contributed by atoms with Crippen LogP contribution < -0.4 is 5.32 Å². The Balaban J connectivity index is 2.53. The van der Waals surface area contributed by atoms with Crippen molar-refractivity contribution >= 4 is 24.8 Å². The fourth-order valence-electron chi connectivity index (χ4n) is 1.92. The number of nitrogens with one attached hydrogen (secondary N) is 1. The molecule has 1 amide bonds. The third-order valence-corrected chi connectivity index (χ3v) is 5.95. The standard InChI is InChI=1S/C14H24NO4PS/c1-4-12(15-14(16)13-8-7-11-21-13)9-10-20(17,18-5-2)19-6-3/h7-8,11-12H,4-6,9-10H2,1-3H3,(H,15,16)/t12-/m0/s1. The van der Waals surface area contributed by atoms with Crippen LogP contribution in [0, 0.1) is 0 Å². The molecule has 0 saturated carbocycles. The molecule has 1 heterocycles. The van der Waals surface area contributed by atoms with E-state index in [1.54, 1.807) is 19.9 Å². The van der Waals surface area contributed by atoms with Crippen molar-refractivity contribution in [3.05, 3.63) is 22.4 Å². The molecular weight excluding hydrogens is 309 g/mol. The summed E-state index contributed by atoms with van der Waals surface area (Å²) in [6.45, 7) is 6.29. The summed E-state index contributed by atoms with van der Waals surface area (Å²) in [6, 6.07) is 3.60. The maximum atomic E-state index is 12.4. The number of amides is 1. The van der Waals surface area contributed by atoms with E-state index in [2.05, 4.69) is 5.32 Å². The van der Waals surface area contributed by atoms with Gasteiger partial charge in [-0.1, -0.05) is 13.0 Å². The molecule has 1 atom stereocenters. The van der Waals surface area contributed by atoms with E-state index in [1.165, 1.54) is 11.3 Å². The van der Waals surface area contributed by atoms with Crippen LogP contribution in [0.4, 0.5) is 0 Å². The third kappa shape index (κ3) is 6.30. The van der Waals surface area contributed by atoms with E-state index in [9.17, 15) is 9.36 Å². The maximum Gasteiger partial charge on any atom is 0.330 e. The first-order chi connectivity index (χ1) is 10.0. The summed E-state index contributed by atoms with van der Waals surface area (Å²) < 4.78 is 22.9. The Labute approximate surface area is 130 Å². The first kappa shape index (κ1) is 18.4. The molecule has 0 aliphatic carbocycles. The van der Waals surface area contributed by atoms with Gasteiger partial charge in [0.2, 0.25) is 0 Å². The van der Waals surface area contributed by atoms with Crippen molar-refractivity contribution in [3.8, 4) is 0 Å².